The zero-order valence-electron chi connectivity index (χ0n) is 12.7. The Morgan fingerprint density at radius 2 is 1.95 bits per heavy atom. The molecule has 0 aromatic heterocycles. The highest BCUT2D eigenvalue weighted by atomic mass is 35.5. The van der Waals surface area contributed by atoms with Crippen molar-refractivity contribution < 1.29 is 0 Å². The lowest BCUT2D eigenvalue weighted by Crippen LogP contribution is -2.40. The highest BCUT2D eigenvalue weighted by molar-refractivity contribution is 7.99. The molecular formula is C16H24Cl2N2S. The monoisotopic (exact) mass is 346 g/mol. The van der Waals surface area contributed by atoms with E-state index in [1.54, 1.807) is 11.8 Å². The molecule has 1 saturated carbocycles. The van der Waals surface area contributed by atoms with Crippen molar-refractivity contribution in [3.05, 3.63) is 28.2 Å². The van der Waals surface area contributed by atoms with Gasteiger partial charge in [-0.25, -0.2) is 0 Å². The first-order chi connectivity index (χ1) is 10.1. The van der Waals surface area contributed by atoms with Gasteiger partial charge in [-0.2, -0.15) is 0 Å². The number of nitrogens with zero attached hydrogens (tertiary/aromatic N) is 1. The van der Waals surface area contributed by atoms with Gasteiger partial charge >= 0.3 is 0 Å². The third-order valence-corrected chi connectivity index (χ3v) is 6.04. The van der Waals surface area contributed by atoms with Gasteiger partial charge in [-0.05, 0) is 58.0 Å². The van der Waals surface area contributed by atoms with E-state index in [9.17, 15) is 0 Å². The summed E-state index contributed by atoms with van der Waals surface area (Å²) in [7, 11) is 4.31. The highest BCUT2D eigenvalue weighted by Crippen LogP contribution is 2.30. The summed E-state index contributed by atoms with van der Waals surface area (Å²) in [5.74, 6) is 1.04. The zero-order chi connectivity index (χ0) is 15.2. The average Bonchev–Trinajstić information content (AvgIpc) is 2.50. The van der Waals surface area contributed by atoms with Crippen LogP contribution >= 0.6 is 35.0 Å². The van der Waals surface area contributed by atoms with Crippen LogP contribution in [0.4, 0.5) is 0 Å². The highest BCUT2D eigenvalue weighted by Gasteiger charge is 2.22. The second-order valence-electron chi connectivity index (χ2n) is 5.70. The minimum atomic E-state index is 0.717. The number of rotatable bonds is 6. The van der Waals surface area contributed by atoms with E-state index in [1.165, 1.54) is 25.7 Å². The Bertz CT molecular complexity index is 448. The van der Waals surface area contributed by atoms with E-state index in [4.69, 9.17) is 23.2 Å². The standard InChI is InChI=1S/C16H24Cl2N2S/c1-19-13-4-6-14(7-5-13)20(2)9-10-21-16-11-12(17)3-8-15(16)18/h3,8,11,13-14,19H,4-7,9-10H2,1-2H3. The van der Waals surface area contributed by atoms with Crippen molar-refractivity contribution in [1.29, 1.82) is 0 Å². The van der Waals surface area contributed by atoms with Crippen LogP contribution in [-0.2, 0) is 0 Å². The predicted molar refractivity (Wildman–Crippen MR) is 94.9 cm³/mol. The number of thioether (sulfide) groups is 1. The number of halogens is 2. The van der Waals surface area contributed by atoms with Crippen LogP contribution in [-0.4, -0.2) is 43.4 Å². The topological polar surface area (TPSA) is 15.3 Å². The molecule has 118 valence electrons. The summed E-state index contributed by atoms with van der Waals surface area (Å²) in [5.41, 5.74) is 0. The maximum absolute atomic E-state index is 6.19. The molecule has 21 heavy (non-hydrogen) atoms. The SMILES string of the molecule is CNC1CCC(N(C)CCSc2cc(Cl)ccc2Cl)CC1. The maximum Gasteiger partial charge on any atom is 0.0542 e. The van der Waals surface area contributed by atoms with Crippen molar-refractivity contribution in [2.75, 3.05) is 26.4 Å². The van der Waals surface area contributed by atoms with Crippen LogP contribution in [0.2, 0.25) is 10.0 Å². The normalized spacial score (nSPS) is 22.7. The van der Waals surface area contributed by atoms with Crippen molar-refractivity contribution in [3.63, 3.8) is 0 Å². The first kappa shape index (κ1) is 17.4. The summed E-state index contributed by atoms with van der Waals surface area (Å²) in [6.45, 7) is 1.09. The second kappa shape index (κ2) is 8.64. The molecule has 0 aliphatic heterocycles. The first-order valence-corrected chi connectivity index (χ1v) is 9.29. The Balaban J connectivity index is 1.74. The quantitative estimate of drug-likeness (QED) is 0.760. The predicted octanol–water partition coefficient (Wildman–Crippen LogP) is 4.55. The fourth-order valence-electron chi connectivity index (χ4n) is 2.88. The van der Waals surface area contributed by atoms with Gasteiger partial charge in [-0.3, -0.25) is 0 Å². The summed E-state index contributed by atoms with van der Waals surface area (Å²) in [6, 6.07) is 7.10. The molecule has 5 heteroatoms. The van der Waals surface area contributed by atoms with E-state index in [-0.39, 0.29) is 0 Å². The fourth-order valence-corrected chi connectivity index (χ4v) is 4.41. The van der Waals surface area contributed by atoms with E-state index in [1.807, 2.05) is 18.2 Å². The van der Waals surface area contributed by atoms with E-state index in [2.05, 4.69) is 24.3 Å². The van der Waals surface area contributed by atoms with Gasteiger partial charge in [0.2, 0.25) is 0 Å². The molecule has 0 saturated heterocycles. The van der Waals surface area contributed by atoms with Crippen LogP contribution in [0.5, 0.6) is 0 Å². The molecule has 1 aromatic rings. The van der Waals surface area contributed by atoms with E-state index in [0.717, 1.165) is 33.3 Å². The van der Waals surface area contributed by atoms with Crippen molar-refractivity contribution in [2.45, 2.75) is 42.7 Å². The Morgan fingerprint density at radius 1 is 1.24 bits per heavy atom. The molecule has 2 rings (SSSR count). The number of hydrogen-bond acceptors (Lipinski definition) is 3. The van der Waals surface area contributed by atoms with Gasteiger partial charge in [-0.15, -0.1) is 11.8 Å². The molecule has 0 spiro atoms. The molecule has 0 amide bonds. The van der Waals surface area contributed by atoms with Gasteiger partial charge in [0.05, 0.1) is 5.02 Å². The van der Waals surface area contributed by atoms with Crippen LogP contribution in [0.3, 0.4) is 0 Å². The molecule has 0 radical (unpaired) electrons. The lowest BCUT2D eigenvalue weighted by Gasteiger charge is -2.34. The van der Waals surface area contributed by atoms with Crippen LogP contribution < -0.4 is 5.32 Å². The van der Waals surface area contributed by atoms with Crippen LogP contribution in [0.25, 0.3) is 0 Å². The zero-order valence-corrected chi connectivity index (χ0v) is 15.1. The van der Waals surface area contributed by atoms with E-state index >= 15 is 0 Å². The van der Waals surface area contributed by atoms with Gasteiger partial charge in [0, 0.05) is 34.3 Å². The summed E-state index contributed by atoms with van der Waals surface area (Å²) in [6.07, 6.45) is 5.17. The fraction of sp³-hybridized carbons (Fsp3) is 0.625. The second-order valence-corrected chi connectivity index (χ2v) is 7.68. The van der Waals surface area contributed by atoms with Gasteiger partial charge in [0.1, 0.15) is 0 Å². The molecule has 0 heterocycles. The minimum absolute atomic E-state index is 0.717. The van der Waals surface area contributed by atoms with Crippen LogP contribution in [0, 0.1) is 0 Å². The molecule has 0 bridgehead atoms. The third kappa shape index (κ3) is 5.33. The van der Waals surface area contributed by atoms with Crippen molar-refractivity contribution in [2.24, 2.45) is 0 Å². The molecule has 1 aromatic carbocycles. The molecular weight excluding hydrogens is 323 g/mol. The Labute approximate surface area is 142 Å². The van der Waals surface area contributed by atoms with Gasteiger partial charge in [-0.1, -0.05) is 23.2 Å². The molecule has 1 N–H and O–H groups in total. The molecule has 0 unspecified atom stereocenters. The number of nitrogens with one attached hydrogen (secondary N) is 1. The van der Waals surface area contributed by atoms with Crippen molar-refractivity contribution in [3.8, 4) is 0 Å². The Kier molecular flexibility index (Phi) is 7.17. The third-order valence-electron chi connectivity index (χ3n) is 4.32. The van der Waals surface area contributed by atoms with E-state index < -0.39 is 0 Å². The first-order valence-electron chi connectivity index (χ1n) is 7.55. The summed E-state index contributed by atoms with van der Waals surface area (Å²) < 4.78 is 0. The smallest absolute Gasteiger partial charge is 0.0542 e. The largest absolute Gasteiger partial charge is 0.317 e. The van der Waals surface area contributed by atoms with Gasteiger partial charge in [0.15, 0.2) is 0 Å². The Hall–Kier alpha value is 0.0700. The molecule has 1 fully saturated rings. The summed E-state index contributed by atoms with van der Waals surface area (Å²) in [4.78, 5) is 3.58. The summed E-state index contributed by atoms with van der Waals surface area (Å²) in [5, 5.41) is 4.93. The lowest BCUT2D eigenvalue weighted by molar-refractivity contribution is 0.185. The summed E-state index contributed by atoms with van der Waals surface area (Å²) >= 11 is 14.0. The molecule has 1 aliphatic rings. The molecule has 2 nitrogen and oxygen atoms in total. The lowest BCUT2D eigenvalue weighted by atomic mass is 9.90. The van der Waals surface area contributed by atoms with E-state index in [0.29, 0.717) is 6.04 Å². The van der Waals surface area contributed by atoms with Crippen LogP contribution in [0.15, 0.2) is 23.1 Å². The average molecular weight is 347 g/mol. The Morgan fingerprint density at radius 3 is 2.62 bits per heavy atom. The molecule has 1 aliphatic carbocycles. The van der Waals surface area contributed by atoms with Gasteiger partial charge < -0.3 is 10.2 Å². The molecule has 0 atom stereocenters. The number of hydrogen-bond donors (Lipinski definition) is 1. The maximum atomic E-state index is 6.19. The van der Waals surface area contributed by atoms with Crippen molar-refractivity contribution >= 4 is 35.0 Å². The number of benzene rings is 1. The van der Waals surface area contributed by atoms with Crippen LogP contribution in [0.1, 0.15) is 25.7 Å². The minimum Gasteiger partial charge on any atom is -0.317 e. The van der Waals surface area contributed by atoms with Crippen molar-refractivity contribution in [1.82, 2.24) is 10.2 Å². The van der Waals surface area contributed by atoms with Gasteiger partial charge in [0.25, 0.3) is 0 Å².